The Morgan fingerprint density at radius 1 is 1.12 bits per heavy atom. The van der Waals surface area contributed by atoms with Crippen molar-refractivity contribution < 1.29 is 13.9 Å². The van der Waals surface area contributed by atoms with Gasteiger partial charge >= 0.3 is 6.03 Å². The highest BCUT2D eigenvalue weighted by molar-refractivity contribution is 6.31. The van der Waals surface area contributed by atoms with Gasteiger partial charge in [-0.05, 0) is 43.3 Å². The Bertz CT molecular complexity index is 1120. The molecule has 2 amide bonds. The second kappa shape index (κ2) is 9.58. The molecule has 7 nitrogen and oxygen atoms in total. The molecule has 2 aromatic carbocycles. The van der Waals surface area contributed by atoms with Gasteiger partial charge in [0.15, 0.2) is 0 Å². The van der Waals surface area contributed by atoms with Gasteiger partial charge < -0.3 is 19.9 Å². The fraction of sp³-hybridized carbons (Fsp3) is 0.227. The van der Waals surface area contributed by atoms with Gasteiger partial charge in [0.2, 0.25) is 5.88 Å². The van der Waals surface area contributed by atoms with Crippen LogP contribution < -0.4 is 15.0 Å². The monoisotopic (exact) mass is 475 g/mol. The van der Waals surface area contributed by atoms with E-state index >= 15 is 0 Å². The zero-order valence-electron chi connectivity index (χ0n) is 17.1. The molecule has 1 N–H and O–H groups in total. The maximum atomic E-state index is 13.4. The molecule has 3 aromatic rings. The van der Waals surface area contributed by atoms with E-state index in [2.05, 4.69) is 20.2 Å². The quantitative estimate of drug-likeness (QED) is 0.542. The lowest BCUT2D eigenvalue weighted by atomic mass is 10.2. The highest BCUT2D eigenvalue weighted by Crippen LogP contribution is 2.27. The fourth-order valence-electron chi connectivity index (χ4n) is 3.42. The number of benzene rings is 2. The molecule has 0 bridgehead atoms. The van der Waals surface area contributed by atoms with Gasteiger partial charge in [0.1, 0.15) is 23.7 Å². The molecular formula is C22H20Cl2FN5O2. The molecule has 2 heterocycles. The van der Waals surface area contributed by atoms with Crippen molar-refractivity contribution in [3.05, 3.63) is 70.7 Å². The molecule has 0 aliphatic carbocycles. The summed E-state index contributed by atoms with van der Waals surface area (Å²) in [4.78, 5) is 25.0. The third-order valence-electron chi connectivity index (χ3n) is 5.05. The largest absolute Gasteiger partial charge is 0.439 e. The van der Waals surface area contributed by atoms with Crippen molar-refractivity contribution in [1.82, 2.24) is 14.9 Å². The summed E-state index contributed by atoms with van der Waals surface area (Å²) in [7, 11) is 0. The number of urea groups is 1. The SMILES string of the molecule is C[C@@H]1CN(c2cc(Oc3ccc(F)c(Cl)c3)ncn2)CCN1C(=O)Nc1ccc(Cl)cc1. The summed E-state index contributed by atoms with van der Waals surface area (Å²) < 4.78 is 19.0. The van der Waals surface area contributed by atoms with Crippen LogP contribution in [0.3, 0.4) is 0 Å². The van der Waals surface area contributed by atoms with Crippen molar-refractivity contribution in [2.75, 3.05) is 29.9 Å². The summed E-state index contributed by atoms with van der Waals surface area (Å²) >= 11 is 11.7. The minimum atomic E-state index is -0.519. The lowest BCUT2D eigenvalue weighted by Crippen LogP contribution is -2.55. The summed E-state index contributed by atoms with van der Waals surface area (Å²) in [6.45, 7) is 3.69. The first kappa shape index (κ1) is 22.1. The fourth-order valence-corrected chi connectivity index (χ4v) is 3.71. The van der Waals surface area contributed by atoms with Crippen molar-refractivity contribution in [3.8, 4) is 11.6 Å². The number of nitrogens with zero attached hydrogens (tertiary/aromatic N) is 4. The van der Waals surface area contributed by atoms with Crippen molar-refractivity contribution in [2.24, 2.45) is 0 Å². The number of piperazine rings is 1. The molecule has 10 heteroatoms. The van der Waals surface area contributed by atoms with Crippen LogP contribution in [0.25, 0.3) is 0 Å². The second-order valence-corrected chi connectivity index (χ2v) is 8.16. The Hall–Kier alpha value is -3.10. The van der Waals surface area contributed by atoms with Crippen LogP contribution in [0.15, 0.2) is 54.9 Å². The maximum Gasteiger partial charge on any atom is 0.322 e. The van der Waals surface area contributed by atoms with Crippen LogP contribution in [-0.2, 0) is 0 Å². The Morgan fingerprint density at radius 3 is 2.62 bits per heavy atom. The molecule has 0 unspecified atom stereocenters. The predicted molar refractivity (Wildman–Crippen MR) is 122 cm³/mol. The molecule has 1 aliphatic rings. The Morgan fingerprint density at radius 2 is 1.91 bits per heavy atom. The van der Waals surface area contributed by atoms with Crippen LogP contribution in [0.1, 0.15) is 6.92 Å². The smallest absolute Gasteiger partial charge is 0.322 e. The highest BCUT2D eigenvalue weighted by Gasteiger charge is 2.28. The number of hydrogen-bond donors (Lipinski definition) is 1. The highest BCUT2D eigenvalue weighted by atomic mass is 35.5. The third-order valence-corrected chi connectivity index (χ3v) is 5.59. The minimum absolute atomic E-state index is 0.0291. The average molecular weight is 476 g/mol. The molecule has 0 radical (unpaired) electrons. The van der Waals surface area contributed by atoms with Crippen molar-refractivity contribution in [2.45, 2.75) is 13.0 Å². The Balaban J connectivity index is 1.39. The Kier molecular flexibility index (Phi) is 6.62. The van der Waals surface area contributed by atoms with Gasteiger partial charge in [-0.25, -0.2) is 19.2 Å². The van der Waals surface area contributed by atoms with E-state index in [0.29, 0.717) is 47.8 Å². The number of ether oxygens (including phenoxy) is 1. The van der Waals surface area contributed by atoms with Crippen LogP contribution in [0, 0.1) is 5.82 Å². The molecule has 1 aliphatic heterocycles. The molecule has 32 heavy (non-hydrogen) atoms. The van der Waals surface area contributed by atoms with E-state index < -0.39 is 5.82 Å². The van der Waals surface area contributed by atoms with Crippen LogP contribution in [0.2, 0.25) is 10.0 Å². The molecule has 1 atom stereocenters. The lowest BCUT2D eigenvalue weighted by molar-refractivity contribution is 0.184. The standard InChI is InChI=1S/C22H20Cl2FN5O2/c1-14-12-29(8-9-30(14)22(31)28-16-4-2-15(23)3-5-16)20-11-21(27-13-26-20)32-17-6-7-19(25)18(24)10-17/h2-7,10-11,13-14H,8-9,12H2,1H3,(H,28,31)/t14-/m1/s1. The van der Waals surface area contributed by atoms with Gasteiger partial charge in [0.05, 0.1) is 5.02 Å². The number of anilines is 2. The number of carbonyl (C=O) groups is 1. The van der Waals surface area contributed by atoms with Crippen molar-refractivity contribution in [1.29, 1.82) is 0 Å². The first-order chi connectivity index (χ1) is 15.4. The zero-order valence-corrected chi connectivity index (χ0v) is 18.6. The van der Waals surface area contributed by atoms with E-state index in [1.165, 1.54) is 24.5 Å². The van der Waals surface area contributed by atoms with Crippen molar-refractivity contribution >= 4 is 40.7 Å². The molecule has 0 spiro atoms. The first-order valence-corrected chi connectivity index (χ1v) is 10.7. The maximum absolute atomic E-state index is 13.4. The number of rotatable bonds is 4. The zero-order chi connectivity index (χ0) is 22.7. The van der Waals surface area contributed by atoms with Crippen LogP contribution in [0.5, 0.6) is 11.6 Å². The summed E-state index contributed by atoms with van der Waals surface area (Å²) in [5.41, 5.74) is 0.688. The summed E-state index contributed by atoms with van der Waals surface area (Å²) in [6.07, 6.45) is 1.40. The third kappa shape index (κ3) is 5.20. The van der Waals surface area contributed by atoms with Gasteiger partial charge in [-0.2, -0.15) is 0 Å². The van der Waals surface area contributed by atoms with Gasteiger partial charge in [-0.15, -0.1) is 0 Å². The second-order valence-electron chi connectivity index (χ2n) is 7.32. The topological polar surface area (TPSA) is 70.6 Å². The number of amides is 2. The van der Waals surface area contributed by atoms with E-state index in [1.807, 2.05) is 6.92 Å². The van der Waals surface area contributed by atoms with E-state index in [9.17, 15) is 9.18 Å². The van der Waals surface area contributed by atoms with E-state index in [0.717, 1.165) is 0 Å². The molecule has 1 saturated heterocycles. The van der Waals surface area contributed by atoms with Crippen LogP contribution in [-0.4, -0.2) is 46.6 Å². The molecule has 4 rings (SSSR count). The Labute approximate surface area is 194 Å². The molecule has 1 fully saturated rings. The van der Waals surface area contributed by atoms with Gasteiger partial charge in [0.25, 0.3) is 0 Å². The van der Waals surface area contributed by atoms with Gasteiger partial charge in [-0.3, -0.25) is 0 Å². The number of nitrogens with one attached hydrogen (secondary N) is 1. The molecule has 1 aromatic heterocycles. The molecular weight excluding hydrogens is 456 g/mol. The summed E-state index contributed by atoms with van der Waals surface area (Å²) in [6, 6.07) is 12.6. The van der Waals surface area contributed by atoms with Crippen molar-refractivity contribution in [3.63, 3.8) is 0 Å². The lowest BCUT2D eigenvalue weighted by Gasteiger charge is -2.40. The van der Waals surface area contributed by atoms with Gasteiger partial charge in [0, 0.05) is 48.5 Å². The normalized spacial score (nSPS) is 16.1. The number of aromatic nitrogens is 2. The molecule has 0 saturated carbocycles. The number of hydrogen-bond acceptors (Lipinski definition) is 5. The summed E-state index contributed by atoms with van der Waals surface area (Å²) in [5.74, 6) is 0.841. The van der Waals surface area contributed by atoms with Crippen LogP contribution >= 0.6 is 23.2 Å². The number of carbonyl (C=O) groups excluding carboxylic acids is 1. The summed E-state index contributed by atoms with van der Waals surface area (Å²) in [5, 5.41) is 3.48. The van der Waals surface area contributed by atoms with E-state index in [1.54, 1.807) is 35.2 Å². The minimum Gasteiger partial charge on any atom is -0.439 e. The van der Waals surface area contributed by atoms with Crippen LogP contribution in [0.4, 0.5) is 20.7 Å². The predicted octanol–water partition coefficient (Wildman–Crippen LogP) is 5.46. The van der Waals surface area contributed by atoms with E-state index in [4.69, 9.17) is 27.9 Å². The number of halogens is 3. The van der Waals surface area contributed by atoms with Gasteiger partial charge in [-0.1, -0.05) is 23.2 Å². The first-order valence-electron chi connectivity index (χ1n) is 9.92. The van der Waals surface area contributed by atoms with E-state index in [-0.39, 0.29) is 17.1 Å². The average Bonchev–Trinajstić information content (AvgIpc) is 2.78. The molecule has 166 valence electrons.